The number of oxazole rings is 1. The van der Waals surface area contributed by atoms with E-state index in [1.54, 1.807) is 0 Å². The van der Waals surface area contributed by atoms with Crippen molar-refractivity contribution in [3.63, 3.8) is 0 Å². The number of halogens is 2. The van der Waals surface area contributed by atoms with Crippen LogP contribution in [0.15, 0.2) is 23.0 Å². The second-order valence-electron chi connectivity index (χ2n) is 2.85. The molecular weight excluding hydrogens is 204 g/mol. The number of hydrogen-bond donors (Lipinski definition) is 0. The van der Waals surface area contributed by atoms with Gasteiger partial charge in [-0.25, -0.2) is 18.7 Å². The summed E-state index contributed by atoms with van der Waals surface area (Å²) in [5.41, 5.74) is -0.0110. The minimum absolute atomic E-state index is 0.0656. The summed E-state index contributed by atoms with van der Waals surface area (Å²) in [6.45, 7) is 1.44. The monoisotopic (exact) mass is 211 g/mol. The van der Waals surface area contributed by atoms with E-state index in [1.807, 2.05) is 0 Å². The molecule has 0 bridgehead atoms. The molecule has 78 valence electrons. The first-order chi connectivity index (χ1) is 7.18. The fraction of sp³-hybridized carbons (Fsp3) is 0.222. The van der Waals surface area contributed by atoms with Gasteiger partial charge >= 0.3 is 0 Å². The zero-order valence-corrected chi connectivity index (χ0v) is 7.82. The lowest BCUT2D eigenvalue weighted by Crippen LogP contribution is -1.88. The first kappa shape index (κ1) is 9.70. The van der Waals surface area contributed by atoms with Crippen molar-refractivity contribution in [2.45, 2.75) is 13.3 Å². The van der Waals surface area contributed by atoms with Crippen molar-refractivity contribution in [1.82, 2.24) is 15.0 Å². The van der Waals surface area contributed by atoms with Gasteiger partial charge in [0.05, 0.1) is 6.20 Å². The van der Waals surface area contributed by atoms with Gasteiger partial charge in [0.1, 0.15) is 17.1 Å². The molecule has 0 unspecified atom stereocenters. The summed E-state index contributed by atoms with van der Waals surface area (Å²) in [5, 5.41) is 0. The molecule has 0 aliphatic rings. The molecule has 0 radical (unpaired) electrons. The lowest BCUT2D eigenvalue weighted by Gasteiger charge is -1.90. The van der Waals surface area contributed by atoms with Crippen molar-refractivity contribution >= 4 is 0 Å². The Morgan fingerprint density at radius 3 is 2.67 bits per heavy atom. The summed E-state index contributed by atoms with van der Waals surface area (Å²) >= 11 is 0. The van der Waals surface area contributed by atoms with Gasteiger partial charge in [-0.3, -0.25) is 4.98 Å². The number of aromatic nitrogens is 3. The maximum absolute atomic E-state index is 12.4. The van der Waals surface area contributed by atoms with E-state index in [-0.39, 0.29) is 17.3 Å². The van der Waals surface area contributed by atoms with E-state index in [0.29, 0.717) is 5.69 Å². The van der Waals surface area contributed by atoms with Gasteiger partial charge in [-0.2, -0.15) is 0 Å². The molecule has 0 aliphatic heterocycles. The largest absolute Gasteiger partial charge is 0.440 e. The third kappa shape index (κ3) is 1.83. The first-order valence-corrected chi connectivity index (χ1v) is 4.20. The molecule has 0 N–H and O–H groups in total. The fourth-order valence-corrected chi connectivity index (χ4v) is 1.13. The molecule has 6 heteroatoms. The molecule has 0 fully saturated rings. The van der Waals surface area contributed by atoms with Gasteiger partial charge in [-0.05, 0) is 6.92 Å². The van der Waals surface area contributed by atoms with E-state index >= 15 is 0 Å². The van der Waals surface area contributed by atoms with Gasteiger partial charge in [0.25, 0.3) is 6.43 Å². The van der Waals surface area contributed by atoms with Crippen LogP contribution in [0.4, 0.5) is 8.78 Å². The predicted octanol–water partition coefficient (Wildman–Crippen LogP) is 2.38. The molecule has 2 aromatic heterocycles. The Bertz CT molecular complexity index is 456. The van der Waals surface area contributed by atoms with Crippen LogP contribution in [-0.2, 0) is 0 Å². The average molecular weight is 211 g/mol. The van der Waals surface area contributed by atoms with Crippen LogP contribution in [0.3, 0.4) is 0 Å². The molecule has 0 saturated heterocycles. The molecule has 2 aromatic rings. The summed E-state index contributed by atoms with van der Waals surface area (Å²) in [7, 11) is 0. The summed E-state index contributed by atoms with van der Waals surface area (Å²) in [4.78, 5) is 11.4. The van der Waals surface area contributed by atoms with Gasteiger partial charge in [0.15, 0.2) is 0 Å². The van der Waals surface area contributed by atoms with E-state index in [4.69, 9.17) is 4.42 Å². The van der Waals surface area contributed by atoms with Crippen LogP contribution < -0.4 is 0 Å². The Kier molecular flexibility index (Phi) is 2.40. The molecular formula is C9H7F2N3O. The molecule has 15 heavy (non-hydrogen) atoms. The number of alkyl halides is 2. The van der Waals surface area contributed by atoms with Gasteiger partial charge in [0.2, 0.25) is 5.89 Å². The van der Waals surface area contributed by atoms with Crippen molar-refractivity contribution in [2.75, 3.05) is 0 Å². The minimum Gasteiger partial charge on any atom is -0.440 e. The number of nitrogens with zero attached hydrogens (tertiary/aromatic N) is 3. The highest BCUT2D eigenvalue weighted by atomic mass is 19.3. The minimum atomic E-state index is -2.64. The second-order valence-corrected chi connectivity index (χ2v) is 2.85. The third-order valence-electron chi connectivity index (χ3n) is 1.82. The molecule has 0 atom stereocenters. The zero-order valence-electron chi connectivity index (χ0n) is 7.82. The lowest BCUT2D eigenvalue weighted by molar-refractivity contribution is 0.145. The van der Waals surface area contributed by atoms with Crippen LogP contribution >= 0.6 is 0 Å². The number of hydrogen-bond acceptors (Lipinski definition) is 4. The van der Waals surface area contributed by atoms with Gasteiger partial charge in [0, 0.05) is 12.4 Å². The van der Waals surface area contributed by atoms with Crippen LogP contribution in [0.1, 0.15) is 17.9 Å². The van der Waals surface area contributed by atoms with Crippen LogP contribution in [0.5, 0.6) is 0 Å². The normalized spacial score (nSPS) is 10.9. The Hall–Kier alpha value is -1.85. The quantitative estimate of drug-likeness (QED) is 0.765. The van der Waals surface area contributed by atoms with Crippen molar-refractivity contribution in [1.29, 1.82) is 0 Å². The van der Waals surface area contributed by atoms with E-state index in [2.05, 4.69) is 15.0 Å². The summed E-state index contributed by atoms with van der Waals surface area (Å²) in [6, 6.07) is 0. The van der Waals surface area contributed by atoms with Crippen molar-refractivity contribution in [3.05, 3.63) is 30.0 Å². The maximum atomic E-state index is 12.4. The average Bonchev–Trinajstić information content (AvgIpc) is 2.62. The predicted molar refractivity (Wildman–Crippen MR) is 47.2 cm³/mol. The van der Waals surface area contributed by atoms with Crippen LogP contribution in [0, 0.1) is 6.92 Å². The molecule has 0 amide bonds. The van der Waals surface area contributed by atoms with Gasteiger partial charge in [-0.1, -0.05) is 0 Å². The second kappa shape index (κ2) is 3.72. The van der Waals surface area contributed by atoms with E-state index in [1.165, 1.54) is 25.5 Å². The van der Waals surface area contributed by atoms with Crippen molar-refractivity contribution in [2.24, 2.45) is 0 Å². The maximum Gasteiger partial charge on any atom is 0.283 e. The van der Waals surface area contributed by atoms with Crippen LogP contribution in [-0.4, -0.2) is 15.0 Å². The smallest absolute Gasteiger partial charge is 0.283 e. The van der Waals surface area contributed by atoms with Crippen molar-refractivity contribution < 1.29 is 13.2 Å². The van der Waals surface area contributed by atoms with E-state index in [0.717, 1.165) is 0 Å². The standard InChI is InChI=1S/C9H7F2N3O/c1-5-7(8(10)11)14-9(15-5)6-4-12-2-3-13-6/h2-4,8H,1H3. The van der Waals surface area contributed by atoms with Crippen molar-refractivity contribution in [3.8, 4) is 11.6 Å². The molecule has 0 spiro atoms. The Morgan fingerprint density at radius 1 is 1.33 bits per heavy atom. The highest BCUT2D eigenvalue weighted by Gasteiger charge is 2.19. The molecule has 4 nitrogen and oxygen atoms in total. The fourth-order valence-electron chi connectivity index (χ4n) is 1.13. The molecule has 0 aromatic carbocycles. The Labute approximate surface area is 84.0 Å². The van der Waals surface area contributed by atoms with Gasteiger partial charge in [-0.15, -0.1) is 0 Å². The van der Waals surface area contributed by atoms with Gasteiger partial charge < -0.3 is 4.42 Å². The SMILES string of the molecule is Cc1oc(-c2cnccn2)nc1C(F)F. The van der Waals surface area contributed by atoms with E-state index < -0.39 is 6.43 Å². The summed E-state index contributed by atoms with van der Waals surface area (Å²) in [5.74, 6) is 0.168. The number of aryl methyl sites for hydroxylation is 1. The highest BCUT2D eigenvalue weighted by molar-refractivity contribution is 5.45. The lowest BCUT2D eigenvalue weighted by atomic mass is 10.4. The Balaban J connectivity index is 2.43. The summed E-state index contributed by atoms with van der Waals surface area (Å²) < 4.78 is 29.9. The van der Waals surface area contributed by atoms with Crippen LogP contribution in [0.2, 0.25) is 0 Å². The molecule has 2 heterocycles. The van der Waals surface area contributed by atoms with Crippen LogP contribution in [0.25, 0.3) is 11.6 Å². The molecule has 0 saturated carbocycles. The molecule has 2 rings (SSSR count). The topological polar surface area (TPSA) is 51.8 Å². The third-order valence-corrected chi connectivity index (χ3v) is 1.82. The Morgan fingerprint density at radius 2 is 2.13 bits per heavy atom. The summed E-state index contributed by atoms with van der Waals surface area (Å²) in [6.07, 6.45) is 1.68. The first-order valence-electron chi connectivity index (χ1n) is 4.20. The highest BCUT2D eigenvalue weighted by Crippen LogP contribution is 2.26. The zero-order chi connectivity index (χ0) is 10.8. The molecule has 0 aliphatic carbocycles. The number of rotatable bonds is 2. The van der Waals surface area contributed by atoms with E-state index in [9.17, 15) is 8.78 Å².